The maximum absolute atomic E-state index is 12.1. The Morgan fingerprint density at radius 1 is 1.24 bits per heavy atom. The van der Waals surface area contributed by atoms with Gasteiger partial charge in [-0.1, -0.05) is 25.0 Å². The molecule has 7 nitrogen and oxygen atoms in total. The first-order valence-electron chi connectivity index (χ1n) is 8.35. The number of hydrogen-bond acceptors (Lipinski definition) is 5. The van der Waals surface area contributed by atoms with Crippen LogP contribution in [0.1, 0.15) is 56.8 Å². The Labute approximate surface area is 147 Å². The van der Waals surface area contributed by atoms with E-state index in [2.05, 4.69) is 15.8 Å². The first kappa shape index (κ1) is 18.8. The molecule has 7 heteroatoms. The lowest BCUT2D eigenvalue weighted by molar-refractivity contribution is 0.0488. The monoisotopic (exact) mass is 347 g/mol. The van der Waals surface area contributed by atoms with Gasteiger partial charge in [-0.2, -0.15) is 5.10 Å². The molecule has 2 amide bonds. The zero-order valence-electron chi connectivity index (χ0n) is 14.8. The largest absolute Gasteiger partial charge is 0.507 e. The number of amides is 2. The van der Waals surface area contributed by atoms with Gasteiger partial charge in [-0.3, -0.25) is 4.79 Å². The molecule has 136 valence electrons. The number of rotatable bonds is 4. The van der Waals surface area contributed by atoms with Crippen LogP contribution < -0.4 is 10.7 Å². The Bertz CT molecular complexity index is 659. The van der Waals surface area contributed by atoms with E-state index >= 15 is 0 Å². The van der Waals surface area contributed by atoms with Crippen molar-refractivity contribution in [3.05, 3.63) is 29.8 Å². The molecule has 3 N–H and O–H groups in total. The van der Waals surface area contributed by atoms with Gasteiger partial charge in [0, 0.05) is 0 Å². The number of carbonyl (C=O) groups is 2. The minimum absolute atomic E-state index is 0.113. The van der Waals surface area contributed by atoms with E-state index in [9.17, 15) is 14.7 Å². The van der Waals surface area contributed by atoms with E-state index in [4.69, 9.17) is 4.74 Å². The second-order valence-corrected chi connectivity index (χ2v) is 7.21. The Balaban J connectivity index is 2.01. The van der Waals surface area contributed by atoms with Crippen LogP contribution in [-0.4, -0.2) is 34.5 Å². The molecule has 0 bridgehead atoms. The molecule has 0 spiro atoms. The van der Waals surface area contributed by atoms with Gasteiger partial charge in [0.25, 0.3) is 5.91 Å². The van der Waals surface area contributed by atoms with Crippen LogP contribution in [0.4, 0.5) is 4.79 Å². The van der Waals surface area contributed by atoms with Crippen molar-refractivity contribution in [3.63, 3.8) is 0 Å². The average molecular weight is 347 g/mol. The van der Waals surface area contributed by atoms with Gasteiger partial charge in [-0.25, -0.2) is 10.2 Å². The van der Waals surface area contributed by atoms with Crippen LogP contribution in [0.5, 0.6) is 5.75 Å². The van der Waals surface area contributed by atoms with Crippen molar-refractivity contribution < 1.29 is 19.4 Å². The number of nitrogens with zero attached hydrogens (tertiary/aromatic N) is 1. The van der Waals surface area contributed by atoms with E-state index in [1.165, 1.54) is 12.1 Å². The van der Waals surface area contributed by atoms with E-state index in [-0.39, 0.29) is 11.3 Å². The summed E-state index contributed by atoms with van der Waals surface area (Å²) in [7, 11) is 0. The number of hydrogen-bond donors (Lipinski definition) is 3. The number of alkyl carbamates (subject to hydrolysis) is 1. The molecule has 1 saturated carbocycles. The van der Waals surface area contributed by atoms with Crippen LogP contribution in [0.2, 0.25) is 0 Å². The van der Waals surface area contributed by atoms with Gasteiger partial charge in [0.05, 0.1) is 17.3 Å². The van der Waals surface area contributed by atoms with Crippen LogP contribution in [-0.2, 0) is 4.74 Å². The molecule has 0 radical (unpaired) electrons. The molecular formula is C18H25N3O4. The highest BCUT2D eigenvalue weighted by atomic mass is 16.6. The van der Waals surface area contributed by atoms with Gasteiger partial charge in [0.15, 0.2) is 0 Å². The molecule has 25 heavy (non-hydrogen) atoms. The third kappa shape index (κ3) is 5.48. The topological polar surface area (TPSA) is 100 Å². The molecule has 0 atom stereocenters. The maximum Gasteiger partial charge on any atom is 0.408 e. The molecular weight excluding hydrogens is 322 g/mol. The molecule has 0 aliphatic heterocycles. The number of para-hydroxylation sites is 1. The lowest BCUT2D eigenvalue weighted by atomic mass is 10.00. The zero-order valence-corrected chi connectivity index (χ0v) is 14.8. The number of aromatic hydroxyl groups is 1. The number of phenolic OH excluding ortho intramolecular Hbond substituents is 1. The number of hydrazone groups is 1. The summed E-state index contributed by atoms with van der Waals surface area (Å²) in [6, 6.07) is 6.22. The fourth-order valence-corrected chi connectivity index (χ4v) is 2.74. The van der Waals surface area contributed by atoms with Gasteiger partial charge < -0.3 is 15.2 Å². The van der Waals surface area contributed by atoms with Crippen molar-refractivity contribution in [2.24, 2.45) is 5.10 Å². The quantitative estimate of drug-likeness (QED) is 0.576. The molecule has 1 fully saturated rings. The van der Waals surface area contributed by atoms with Crippen LogP contribution in [0.3, 0.4) is 0 Å². The van der Waals surface area contributed by atoms with Gasteiger partial charge >= 0.3 is 6.09 Å². The van der Waals surface area contributed by atoms with Gasteiger partial charge in [0.2, 0.25) is 0 Å². The van der Waals surface area contributed by atoms with E-state index in [0.717, 1.165) is 25.7 Å². The van der Waals surface area contributed by atoms with Gasteiger partial charge in [-0.15, -0.1) is 0 Å². The second kappa shape index (κ2) is 7.55. The normalized spacial score (nSPS) is 16.6. The van der Waals surface area contributed by atoms with Gasteiger partial charge in [0.1, 0.15) is 11.4 Å². The van der Waals surface area contributed by atoms with E-state index in [1.54, 1.807) is 39.1 Å². The van der Waals surface area contributed by atoms with Crippen LogP contribution in [0.15, 0.2) is 29.4 Å². The SMILES string of the molecule is CC(C)(C)OC(=O)NC1(/C=N/NC(=O)c2ccccc2O)CCCC1. The third-order valence-corrected chi connectivity index (χ3v) is 3.87. The summed E-state index contributed by atoms with van der Waals surface area (Å²) in [6.07, 6.45) is 4.39. The Kier molecular flexibility index (Phi) is 5.66. The lowest BCUT2D eigenvalue weighted by Gasteiger charge is -2.28. The Hall–Kier alpha value is -2.57. The van der Waals surface area contributed by atoms with E-state index < -0.39 is 23.1 Å². The summed E-state index contributed by atoms with van der Waals surface area (Å²) in [5.41, 5.74) is 1.32. The summed E-state index contributed by atoms with van der Waals surface area (Å²) in [4.78, 5) is 24.1. The van der Waals surface area contributed by atoms with E-state index in [0.29, 0.717) is 0 Å². The predicted molar refractivity (Wildman–Crippen MR) is 94.6 cm³/mol. The molecule has 1 aliphatic rings. The van der Waals surface area contributed by atoms with Crippen molar-refractivity contribution >= 4 is 18.2 Å². The van der Waals surface area contributed by atoms with Crippen molar-refractivity contribution in [2.75, 3.05) is 0 Å². The molecule has 0 saturated heterocycles. The summed E-state index contributed by atoms with van der Waals surface area (Å²) in [6.45, 7) is 5.40. The molecule has 1 aliphatic carbocycles. The van der Waals surface area contributed by atoms with Crippen LogP contribution in [0.25, 0.3) is 0 Å². The van der Waals surface area contributed by atoms with Crippen LogP contribution in [0, 0.1) is 0 Å². The number of ether oxygens (including phenoxy) is 1. The van der Waals surface area contributed by atoms with Crippen molar-refractivity contribution in [2.45, 2.75) is 57.6 Å². The highest BCUT2D eigenvalue weighted by molar-refractivity contribution is 5.97. The Morgan fingerprint density at radius 3 is 2.48 bits per heavy atom. The third-order valence-electron chi connectivity index (χ3n) is 3.87. The average Bonchev–Trinajstić information content (AvgIpc) is 2.94. The number of carbonyl (C=O) groups excluding carboxylic acids is 2. The first-order valence-corrected chi connectivity index (χ1v) is 8.35. The maximum atomic E-state index is 12.1. The van der Waals surface area contributed by atoms with E-state index in [1.807, 2.05) is 0 Å². The fraction of sp³-hybridized carbons (Fsp3) is 0.500. The number of nitrogens with one attached hydrogen (secondary N) is 2. The summed E-state index contributed by atoms with van der Waals surface area (Å²) in [5, 5.41) is 16.5. The number of benzene rings is 1. The molecule has 1 aromatic rings. The zero-order chi connectivity index (χ0) is 18.5. The van der Waals surface area contributed by atoms with Gasteiger partial charge in [-0.05, 0) is 45.7 Å². The van der Waals surface area contributed by atoms with Crippen molar-refractivity contribution in [1.29, 1.82) is 0 Å². The summed E-state index contributed by atoms with van der Waals surface area (Å²) >= 11 is 0. The minimum atomic E-state index is -0.631. The minimum Gasteiger partial charge on any atom is -0.507 e. The molecule has 0 aromatic heterocycles. The fourth-order valence-electron chi connectivity index (χ4n) is 2.74. The van der Waals surface area contributed by atoms with Crippen LogP contribution >= 0.6 is 0 Å². The molecule has 2 rings (SSSR count). The predicted octanol–water partition coefficient (Wildman–Crippen LogP) is 2.95. The molecule has 1 aromatic carbocycles. The van der Waals surface area contributed by atoms with Crippen molar-refractivity contribution in [1.82, 2.24) is 10.7 Å². The molecule has 0 heterocycles. The first-order chi connectivity index (χ1) is 11.7. The highest BCUT2D eigenvalue weighted by Gasteiger charge is 2.35. The summed E-state index contributed by atoms with van der Waals surface area (Å²) < 4.78 is 5.31. The smallest absolute Gasteiger partial charge is 0.408 e. The second-order valence-electron chi connectivity index (χ2n) is 7.21. The Morgan fingerprint density at radius 2 is 1.88 bits per heavy atom. The van der Waals surface area contributed by atoms with Crippen molar-refractivity contribution in [3.8, 4) is 5.75 Å². The summed E-state index contributed by atoms with van der Waals surface area (Å²) in [5.74, 6) is -0.627. The lowest BCUT2D eigenvalue weighted by Crippen LogP contribution is -2.49. The molecule has 0 unspecified atom stereocenters. The highest BCUT2D eigenvalue weighted by Crippen LogP contribution is 2.28. The standard InChI is InChI=1S/C18H25N3O4/c1-17(2,3)25-16(24)20-18(10-6-7-11-18)12-19-21-15(23)13-8-4-5-9-14(13)22/h4-5,8-9,12,22H,6-7,10-11H2,1-3H3,(H,20,24)(H,21,23)/b19-12+. The number of phenols is 1.